The molecule has 0 saturated heterocycles. The molecule has 0 heterocycles. The zero-order chi connectivity index (χ0) is 15.2. The van der Waals surface area contributed by atoms with Crippen molar-refractivity contribution in [3.05, 3.63) is 68.1 Å². The molecule has 1 nitrogen and oxygen atoms in total. The van der Waals surface area contributed by atoms with Crippen molar-refractivity contribution in [2.75, 3.05) is 6.54 Å². The summed E-state index contributed by atoms with van der Waals surface area (Å²) in [5, 5.41) is 5.13. The van der Waals surface area contributed by atoms with Crippen LogP contribution in [-0.4, -0.2) is 6.54 Å². The molecule has 0 aromatic heterocycles. The van der Waals surface area contributed by atoms with E-state index in [1.807, 2.05) is 30.3 Å². The van der Waals surface area contributed by atoms with E-state index in [-0.39, 0.29) is 6.04 Å². The first-order valence-electron chi connectivity index (χ1n) is 7.03. The summed E-state index contributed by atoms with van der Waals surface area (Å²) in [6.45, 7) is 3.11. The zero-order valence-corrected chi connectivity index (χ0v) is 15.0. The van der Waals surface area contributed by atoms with Gasteiger partial charge in [0, 0.05) is 20.6 Å². The molecule has 0 spiro atoms. The van der Waals surface area contributed by atoms with Gasteiger partial charge in [0.25, 0.3) is 0 Å². The molecule has 2 rings (SSSR count). The quantitative estimate of drug-likeness (QED) is 0.638. The van der Waals surface area contributed by atoms with Gasteiger partial charge in [-0.25, -0.2) is 0 Å². The Balaban J connectivity index is 2.27. The van der Waals surface area contributed by atoms with Crippen molar-refractivity contribution in [1.29, 1.82) is 0 Å². The summed E-state index contributed by atoms with van der Waals surface area (Å²) < 4.78 is 1.04. The Hall–Kier alpha value is -0.540. The van der Waals surface area contributed by atoms with Crippen LogP contribution in [-0.2, 0) is 6.42 Å². The van der Waals surface area contributed by atoms with Gasteiger partial charge in [0.2, 0.25) is 0 Å². The van der Waals surface area contributed by atoms with Crippen molar-refractivity contribution in [2.24, 2.45) is 0 Å². The fourth-order valence-corrected chi connectivity index (χ4v) is 3.13. The molecule has 1 unspecified atom stereocenters. The normalized spacial score (nSPS) is 12.4. The van der Waals surface area contributed by atoms with Crippen molar-refractivity contribution in [3.63, 3.8) is 0 Å². The Kier molecular flexibility index (Phi) is 6.56. The van der Waals surface area contributed by atoms with Crippen LogP contribution in [0.5, 0.6) is 0 Å². The van der Waals surface area contributed by atoms with Crippen LogP contribution >= 0.6 is 39.1 Å². The van der Waals surface area contributed by atoms with E-state index >= 15 is 0 Å². The molecule has 2 aromatic carbocycles. The summed E-state index contributed by atoms with van der Waals surface area (Å²) in [5.41, 5.74) is 2.31. The molecule has 0 bridgehead atoms. The molecule has 0 fully saturated rings. The number of hydrogen-bond acceptors (Lipinski definition) is 1. The standard InChI is InChI=1S/C17H18BrCl2N/c1-2-8-21-17(10-12-4-3-5-14(19)9-12)15-11-13(18)6-7-16(15)20/h3-7,9,11,17,21H,2,8,10H2,1H3. The highest BCUT2D eigenvalue weighted by Gasteiger charge is 2.15. The van der Waals surface area contributed by atoms with Gasteiger partial charge in [-0.2, -0.15) is 0 Å². The first kappa shape index (κ1) is 16.8. The van der Waals surface area contributed by atoms with E-state index in [9.17, 15) is 0 Å². The predicted octanol–water partition coefficient (Wildman–Crippen LogP) is 6.04. The van der Waals surface area contributed by atoms with Gasteiger partial charge >= 0.3 is 0 Å². The summed E-state index contributed by atoms with van der Waals surface area (Å²) in [7, 11) is 0. The van der Waals surface area contributed by atoms with Gasteiger partial charge in [-0.1, -0.05) is 58.2 Å². The maximum absolute atomic E-state index is 6.38. The minimum Gasteiger partial charge on any atom is -0.310 e. The van der Waals surface area contributed by atoms with Crippen LogP contribution in [0.15, 0.2) is 46.9 Å². The summed E-state index contributed by atoms with van der Waals surface area (Å²) in [6, 6.07) is 14.1. The third-order valence-corrected chi connectivity index (χ3v) is 4.38. The maximum Gasteiger partial charge on any atom is 0.0454 e. The van der Waals surface area contributed by atoms with Crippen molar-refractivity contribution in [1.82, 2.24) is 5.32 Å². The van der Waals surface area contributed by atoms with Crippen LogP contribution in [0.1, 0.15) is 30.5 Å². The largest absolute Gasteiger partial charge is 0.310 e. The highest BCUT2D eigenvalue weighted by Crippen LogP contribution is 2.29. The summed E-state index contributed by atoms with van der Waals surface area (Å²) in [5.74, 6) is 0. The third kappa shape index (κ3) is 5.00. The second-order valence-electron chi connectivity index (χ2n) is 5.01. The van der Waals surface area contributed by atoms with Crippen molar-refractivity contribution >= 4 is 39.1 Å². The van der Waals surface area contributed by atoms with Gasteiger partial charge in [0.1, 0.15) is 0 Å². The molecule has 0 amide bonds. The molecule has 21 heavy (non-hydrogen) atoms. The van der Waals surface area contributed by atoms with Crippen LogP contribution in [0.4, 0.5) is 0 Å². The van der Waals surface area contributed by atoms with Crippen molar-refractivity contribution in [2.45, 2.75) is 25.8 Å². The van der Waals surface area contributed by atoms with E-state index in [0.717, 1.165) is 39.5 Å². The Morgan fingerprint density at radius 3 is 2.67 bits per heavy atom. The fourth-order valence-electron chi connectivity index (χ4n) is 2.29. The van der Waals surface area contributed by atoms with Gasteiger partial charge < -0.3 is 5.32 Å². The molecule has 0 aliphatic carbocycles. The monoisotopic (exact) mass is 385 g/mol. The van der Waals surface area contributed by atoms with Gasteiger partial charge in [-0.05, 0) is 60.8 Å². The highest BCUT2D eigenvalue weighted by atomic mass is 79.9. The molecule has 1 atom stereocenters. The molecule has 0 radical (unpaired) electrons. The van der Waals surface area contributed by atoms with Crippen LogP contribution in [0, 0.1) is 0 Å². The minimum absolute atomic E-state index is 0.174. The predicted molar refractivity (Wildman–Crippen MR) is 95.3 cm³/mol. The number of nitrogens with one attached hydrogen (secondary N) is 1. The minimum atomic E-state index is 0.174. The third-order valence-electron chi connectivity index (χ3n) is 3.30. The molecule has 112 valence electrons. The maximum atomic E-state index is 6.38. The molecule has 0 aliphatic rings. The SMILES string of the molecule is CCCNC(Cc1cccc(Cl)c1)c1cc(Br)ccc1Cl. The van der Waals surface area contributed by atoms with E-state index in [2.05, 4.69) is 40.3 Å². The van der Waals surface area contributed by atoms with Gasteiger partial charge in [-0.15, -0.1) is 0 Å². The van der Waals surface area contributed by atoms with Crippen LogP contribution in [0.2, 0.25) is 10.0 Å². The van der Waals surface area contributed by atoms with E-state index in [1.54, 1.807) is 0 Å². The Morgan fingerprint density at radius 2 is 1.95 bits per heavy atom. The van der Waals surface area contributed by atoms with Crippen LogP contribution in [0.3, 0.4) is 0 Å². The first-order valence-corrected chi connectivity index (χ1v) is 8.58. The second kappa shape index (κ2) is 8.19. The highest BCUT2D eigenvalue weighted by molar-refractivity contribution is 9.10. The lowest BCUT2D eigenvalue weighted by Crippen LogP contribution is -2.24. The molecular weight excluding hydrogens is 369 g/mol. The number of rotatable bonds is 6. The van der Waals surface area contributed by atoms with E-state index < -0.39 is 0 Å². The average molecular weight is 387 g/mol. The van der Waals surface area contributed by atoms with Gasteiger partial charge in [0.15, 0.2) is 0 Å². The first-order chi connectivity index (χ1) is 10.1. The number of benzene rings is 2. The summed E-state index contributed by atoms with van der Waals surface area (Å²) in [4.78, 5) is 0. The Bertz CT molecular complexity index is 601. The number of hydrogen-bond donors (Lipinski definition) is 1. The lowest BCUT2D eigenvalue weighted by Gasteiger charge is -2.21. The van der Waals surface area contributed by atoms with E-state index in [0.29, 0.717) is 0 Å². The van der Waals surface area contributed by atoms with Crippen molar-refractivity contribution < 1.29 is 0 Å². The molecule has 0 aliphatic heterocycles. The van der Waals surface area contributed by atoms with Crippen LogP contribution in [0.25, 0.3) is 0 Å². The lowest BCUT2D eigenvalue weighted by molar-refractivity contribution is 0.529. The molecule has 0 saturated carbocycles. The Morgan fingerprint density at radius 1 is 1.14 bits per heavy atom. The fraction of sp³-hybridized carbons (Fsp3) is 0.294. The molecular formula is C17H18BrCl2N. The summed E-state index contributed by atoms with van der Waals surface area (Å²) in [6.07, 6.45) is 1.94. The number of halogens is 3. The molecule has 4 heteroatoms. The van der Waals surface area contributed by atoms with Crippen LogP contribution < -0.4 is 5.32 Å². The average Bonchev–Trinajstić information content (AvgIpc) is 2.46. The molecule has 2 aromatic rings. The molecule has 1 N–H and O–H groups in total. The van der Waals surface area contributed by atoms with E-state index in [1.165, 1.54) is 5.56 Å². The van der Waals surface area contributed by atoms with E-state index in [4.69, 9.17) is 23.2 Å². The Labute approximate surface area is 144 Å². The second-order valence-corrected chi connectivity index (χ2v) is 6.77. The van der Waals surface area contributed by atoms with Crippen molar-refractivity contribution in [3.8, 4) is 0 Å². The zero-order valence-electron chi connectivity index (χ0n) is 11.9. The summed E-state index contributed by atoms with van der Waals surface area (Å²) >= 11 is 16.0. The van der Waals surface area contributed by atoms with Gasteiger partial charge in [0.05, 0.1) is 0 Å². The topological polar surface area (TPSA) is 12.0 Å². The van der Waals surface area contributed by atoms with Gasteiger partial charge in [-0.3, -0.25) is 0 Å². The smallest absolute Gasteiger partial charge is 0.0454 e. The lowest BCUT2D eigenvalue weighted by atomic mass is 9.98.